The Morgan fingerprint density at radius 1 is 1.53 bits per heavy atom. The lowest BCUT2D eigenvalue weighted by Gasteiger charge is -2.06. The van der Waals surface area contributed by atoms with Gasteiger partial charge in [-0.3, -0.25) is 4.79 Å². The lowest BCUT2D eigenvalue weighted by atomic mass is 10.1. The number of esters is 1. The van der Waals surface area contributed by atoms with Gasteiger partial charge < -0.3 is 4.74 Å². The first-order valence-electron chi connectivity index (χ1n) is 4.52. The highest BCUT2D eigenvalue weighted by molar-refractivity contribution is 9.10. The highest BCUT2D eigenvalue weighted by Gasteiger charge is 2.13. The van der Waals surface area contributed by atoms with Crippen molar-refractivity contribution in [2.24, 2.45) is 0 Å². The number of carbonyl (C=O) groups is 2. The van der Waals surface area contributed by atoms with Gasteiger partial charge in [-0.2, -0.15) is 0 Å². The van der Waals surface area contributed by atoms with Gasteiger partial charge in [0, 0.05) is 10.0 Å². The minimum absolute atomic E-state index is 0.333. The van der Waals surface area contributed by atoms with E-state index in [1.54, 1.807) is 26.0 Å². The van der Waals surface area contributed by atoms with Crippen molar-refractivity contribution in [3.05, 3.63) is 33.3 Å². The first-order valence-corrected chi connectivity index (χ1v) is 5.32. The van der Waals surface area contributed by atoms with Crippen molar-refractivity contribution in [2.45, 2.75) is 13.8 Å². The summed E-state index contributed by atoms with van der Waals surface area (Å²) < 4.78 is 5.46. The zero-order valence-corrected chi connectivity index (χ0v) is 10.1. The van der Waals surface area contributed by atoms with E-state index in [1.807, 2.05) is 0 Å². The van der Waals surface area contributed by atoms with Crippen molar-refractivity contribution in [1.82, 2.24) is 0 Å². The molecule has 0 aromatic heterocycles. The Kier molecular flexibility index (Phi) is 4.03. The molecule has 15 heavy (non-hydrogen) atoms. The van der Waals surface area contributed by atoms with E-state index in [1.165, 1.54) is 0 Å². The maximum absolute atomic E-state index is 11.5. The molecule has 0 aliphatic rings. The van der Waals surface area contributed by atoms with Crippen molar-refractivity contribution in [3.63, 3.8) is 0 Å². The van der Waals surface area contributed by atoms with Gasteiger partial charge in [0.15, 0.2) is 0 Å². The first kappa shape index (κ1) is 11.9. The van der Waals surface area contributed by atoms with Gasteiger partial charge in [0.2, 0.25) is 0 Å². The summed E-state index contributed by atoms with van der Waals surface area (Å²) in [4.78, 5) is 22.1. The Hall–Kier alpha value is -1.16. The number of ether oxygens (including phenoxy) is 1. The molecule has 0 heterocycles. The molecule has 0 spiro atoms. The predicted octanol–water partition coefficient (Wildman–Crippen LogP) is 2.75. The van der Waals surface area contributed by atoms with E-state index in [-0.39, 0.29) is 5.97 Å². The molecule has 1 aromatic rings. The van der Waals surface area contributed by atoms with Crippen LogP contribution in [0, 0.1) is 6.92 Å². The molecule has 4 heteroatoms. The van der Waals surface area contributed by atoms with Crippen LogP contribution in [0.3, 0.4) is 0 Å². The van der Waals surface area contributed by atoms with Gasteiger partial charge in [0.05, 0.1) is 12.2 Å². The largest absolute Gasteiger partial charge is 0.462 e. The van der Waals surface area contributed by atoms with Gasteiger partial charge in [0.25, 0.3) is 0 Å². The lowest BCUT2D eigenvalue weighted by molar-refractivity contribution is 0.0525. The number of carbonyl (C=O) groups excluding carboxylic acids is 2. The minimum atomic E-state index is -0.384. The Labute approximate surface area is 96.6 Å². The molecule has 0 N–H and O–H groups in total. The summed E-state index contributed by atoms with van der Waals surface area (Å²) in [5, 5.41) is 0. The third kappa shape index (κ3) is 2.65. The Balaban J connectivity index is 3.15. The number of aldehydes is 1. The zero-order chi connectivity index (χ0) is 11.4. The molecule has 0 saturated carbocycles. The van der Waals surface area contributed by atoms with Crippen LogP contribution in [-0.4, -0.2) is 18.9 Å². The third-order valence-corrected chi connectivity index (χ3v) is 2.63. The van der Waals surface area contributed by atoms with Crippen molar-refractivity contribution in [2.75, 3.05) is 6.61 Å². The first-order chi connectivity index (χ1) is 7.10. The normalized spacial score (nSPS) is 9.80. The van der Waals surface area contributed by atoms with Crippen LogP contribution in [0.1, 0.15) is 33.2 Å². The van der Waals surface area contributed by atoms with Gasteiger partial charge in [-0.05, 0) is 47.5 Å². The van der Waals surface area contributed by atoms with Crippen LogP contribution >= 0.6 is 15.9 Å². The molecule has 3 nitrogen and oxygen atoms in total. The zero-order valence-electron chi connectivity index (χ0n) is 8.54. The van der Waals surface area contributed by atoms with Gasteiger partial charge in [-0.15, -0.1) is 0 Å². The van der Waals surface area contributed by atoms with Gasteiger partial charge >= 0.3 is 5.97 Å². The molecule has 1 rings (SSSR count). The monoisotopic (exact) mass is 270 g/mol. The maximum atomic E-state index is 11.5. The van der Waals surface area contributed by atoms with E-state index in [0.29, 0.717) is 22.2 Å². The summed E-state index contributed by atoms with van der Waals surface area (Å²) >= 11 is 3.23. The van der Waals surface area contributed by atoms with Crippen molar-refractivity contribution < 1.29 is 14.3 Å². The summed E-state index contributed by atoms with van der Waals surface area (Å²) in [6, 6.07) is 3.26. The average molecular weight is 271 g/mol. The molecular weight excluding hydrogens is 260 g/mol. The summed E-state index contributed by atoms with van der Waals surface area (Å²) in [5.74, 6) is -0.384. The molecule has 80 valence electrons. The summed E-state index contributed by atoms with van der Waals surface area (Å²) in [5.41, 5.74) is 1.77. The van der Waals surface area contributed by atoms with Crippen LogP contribution in [0.5, 0.6) is 0 Å². The summed E-state index contributed by atoms with van der Waals surface area (Å²) in [7, 11) is 0. The molecule has 0 bridgehead atoms. The van der Waals surface area contributed by atoms with E-state index in [4.69, 9.17) is 4.74 Å². The van der Waals surface area contributed by atoms with E-state index >= 15 is 0 Å². The average Bonchev–Trinajstić information content (AvgIpc) is 2.21. The van der Waals surface area contributed by atoms with E-state index in [2.05, 4.69) is 15.9 Å². The fourth-order valence-electron chi connectivity index (χ4n) is 1.19. The molecule has 0 aliphatic heterocycles. The number of aryl methyl sites for hydroxylation is 1. The molecule has 0 aliphatic carbocycles. The SMILES string of the molecule is CCOC(=O)c1cc(C)c(C=O)cc1Br. The van der Waals surface area contributed by atoms with Gasteiger partial charge in [-0.25, -0.2) is 4.79 Å². The second kappa shape index (κ2) is 5.07. The Morgan fingerprint density at radius 2 is 2.20 bits per heavy atom. The van der Waals surface area contributed by atoms with Gasteiger partial charge in [0.1, 0.15) is 6.29 Å². The van der Waals surface area contributed by atoms with E-state index in [0.717, 1.165) is 11.8 Å². The summed E-state index contributed by atoms with van der Waals surface area (Å²) in [6.45, 7) is 3.86. The molecule has 0 atom stereocenters. The van der Waals surface area contributed by atoms with Crippen LogP contribution in [0.25, 0.3) is 0 Å². The van der Waals surface area contributed by atoms with Crippen LogP contribution < -0.4 is 0 Å². The lowest BCUT2D eigenvalue weighted by Crippen LogP contribution is -2.06. The molecule has 0 fully saturated rings. The van der Waals surface area contributed by atoms with Crippen LogP contribution in [0.2, 0.25) is 0 Å². The molecule has 0 saturated heterocycles. The number of hydrogen-bond acceptors (Lipinski definition) is 3. The predicted molar refractivity (Wildman–Crippen MR) is 60.2 cm³/mol. The van der Waals surface area contributed by atoms with E-state index < -0.39 is 0 Å². The van der Waals surface area contributed by atoms with Crippen molar-refractivity contribution >= 4 is 28.2 Å². The molecule has 0 radical (unpaired) electrons. The third-order valence-electron chi connectivity index (χ3n) is 1.98. The maximum Gasteiger partial charge on any atom is 0.339 e. The Bertz CT molecular complexity index is 399. The second-order valence-corrected chi connectivity index (χ2v) is 3.88. The molecule has 1 aromatic carbocycles. The molecule has 0 amide bonds. The number of benzene rings is 1. The quantitative estimate of drug-likeness (QED) is 0.627. The fourth-order valence-corrected chi connectivity index (χ4v) is 1.71. The van der Waals surface area contributed by atoms with Gasteiger partial charge in [-0.1, -0.05) is 0 Å². The van der Waals surface area contributed by atoms with Crippen molar-refractivity contribution in [1.29, 1.82) is 0 Å². The smallest absolute Gasteiger partial charge is 0.339 e. The van der Waals surface area contributed by atoms with Crippen LogP contribution in [-0.2, 0) is 4.74 Å². The Morgan fingerprint density at radius 3 is 2.73 bits per heavy atom. The minimum Gasteiger partial charge on any atom is -0.462 e. The molecular formula is C11H11BrO3. The van der Waals surface area contributed by atoms with E-state index in [9.17, 15) is 9.59 Å². The number of hydrogen-bond donors (Lipinski definition) is 0. The molecule has 0 unspecified atom stereocenters. The number of halogens is 1. The van der Waals surface area contributed by atoms with Crippen LogP contribution in [0.4, 0.5) is 0 Å². The topological polar surface area (TPSA) is 43.4 Å². The van der Waals surface area contributed by atoms with Crippen molar-refractivity contribution in [3.8, 4) is 0 Å². The highest BCUT2D eigenvalue weighted by Crippen LogP contribution is 2.21. The summed E-state index contributed by atoms with van der Waals surface area (Å²) in [6.07, 6.45) is 0.759. The van der Waals surface area contributed by atoms with Crippen LogP contribution in [0.15, 0.2) is 16.6 Å². The highest BCUT2D eigenvalue weighted by atomic mass is 79.9. The number of rotatable bonds is 3. The standard InChI is InChI=1S/C11H11BrO3/c1-3-15-11(14)9-4-7(2)8(6-13)5-10(9)12/h4-6H,3H2,1-2H3. The second-order valence-electron chi connectivity index (χ2n) is 3.03. The fraction of sp³-hybridized carbons (Fsp3) is 0.273.